The van der Waals surface area contributed by atoms with E-state index in [1.54, 1.807) is 11.3 Å². The number of benzene rings is 1. The zero-order valence-electron chi connectivity index (χ0n) is 14.1. The fourth-order valence-electron chi connectivity index (χ4n) is 2.84. The minimum Gasteiger partial charge on any atom is -0.314 e. The smallest absolute Gasteiger partial charge is 0.107 e. The SMILES string of the molecule is CC(C)(C)c1csc(CN2CCNCC2c2ccccc2)n1.Cl. The third kappa shape index (κ3) is 4.54. The van der Waals surface area contributed by atoms with Gasteiger partial charge in [-0.25, -0.2) is 4.98 Å². The summed E-state index contributed by atoms with van der Waals surface area (Å²) in [7, 11) is 0. The monoisotopic (exact) mass is 351 g/mol. The van der Waals surface area contributed by atoms with Gasteiger partial charge in [0.15, 0.2) is 0 Å². The average Bonchev–Trinajstić information content (AvgIpc) is 2.97. The van der Waals surface area contributed by atoms with Gasteiger partial charge in [-0.2, -0.15) is 0 Å². The van der Waals surface area contributed by atoms with Gasteiger partial charge in [0, 0.05) is 36.5 Å². The van der Waals surface area contributed by atoms with Crippen LogP contribution in [0.5, 0.6) is 0 Å². The first-order chi connectivity index (χ1) is 10.5. The van der Waals surface area contributed by atoms with Crippen LogP contribution in [-0.4, -0.2) is 29.5 Å². The number of hydrogen-bond acceptors (Lipinski definition) is 4. The van der Waals surface area contributed by atoms with E-state index >= 15 is 0 Å². The van der Waals surface area contributed by atoms with Crippen LogP contribution in [-0.2, 0) is 12.0 Å². The molecule has 0 aliphatic carbocycles. The highest BCUT2D eigenvalue weighted by atomic mass is 35.5. The summed E-state index contributed by atoms with van der Waals surface area (Å²) in [6.07, 6.45) is 0. The topological polar surface area (TPSA) is 28.2 Å². The van der Waals surface area contributed by atoms with Gasteiger partial charge in [0.1, 0.15) is 5.01 Å². The van der Waals surface area contributed by atoms with Crippen molar-refractivity contribution < 1.29 is 0 Å². The molecular weight excluding hydrogens is 326 g/mol. The summed E-state index contributed by atoms with van der Waals surface area (Å²) < 4.78 is 0. The van der Waals surface area contributed by atoms with Crippen LogP contribution >= 0.6 is 23.7 Å². The molecule has 0 radical (unpaired) electrons. The predicted octanol–water partition coefficient (Wildman–Crippen LogP) is 4.01. The Morgan fingerprint density at radius 2 is 2.00 bits per heavy atom. The van der Waals surface area contributed by atoms with Gasteiger partial charge in [0.05, 0.1) is 12.2 Å². The fraction of sp³-hybridized carbons (Fsp3) is 0.500. The van der Waals surface area contributed by atoms with E-state index < -0.39 is 0 Å². The van der Waals surface area contributed by atoms with Gasteiger partial charge in [-0.05, 0) is 5.56 Å². The van der Waals surface area contributed by atoms with Crippen LogP contribution in [0.3, 0.4) is 0 Å². The third-order valence-corrected chi connectivity index (χ3v) is 5.03. The number of rotatable bonds is 3. The molecule has 0 amide bonds. The lowest BCUT2D eigenvalue weighted by molar-refractivity contribution is 0.153. The Kier molecular flexibility index (Phi) is 6.20. The minimum atomic E-state index is 0. The van der Waals surface area contributed by atoms with Crippen LogP contribution in [0.2, 0.25) is 0 Å². The first-order valence-corrected chi connectivity index (χ1v) is 8.86. The molecule has 1 atom stereocenters. The highest BCUT2D eigenvalue weighted by Gasteiger charge is 2.25. The van der Waals surface area contributed by atoms with Gasteiger partial charge < -0.3 is 5.32 Å². The van der Waals surface area contributed by atoms with Gasteiger partial charge in [0.2, 0.25) is 0 Å². The maximum absolute atomic E-state index is 4.86. The molecule has 1 aromatic heterocycles. The standard InChI is InChI=1S/C18H25N3S.ClH/c1-18(2,3)16-13-22-17(20-16)12-21-10-9-19-11-15(21)14-7-5-4-6-8-14;/h4-8,13,15,19H,9-12H2,1-3H3;1H. The summed E-state index contributed by atoms with van der Waals surface area (Å²) in [6, 6.07) is 11.2. The van der Waals surface area contributed by atoms with Gasteiger partial charge in [0.25, 0.3) is 0 Å². The molecule has 3 rings (SSSR count). The Bertz CT molecular complexity index is 606. The summed E-state index contributed by atoms with van der Waals surface area (Å²) in [4.78, 5) is 7.41. The largest absolute Gasteiger partial charge is 0.314 e. The van der Waals surface area contributed by atoms with Crippen LogP contribution in [0, 0.1) is 0 Å². The molecule has 1 N–H and O–H groups in total. The summed E-state index contributed by atoms with van der Waals surface area (Å²) in [5, 5.41) is 6.97. The van der Waals surface area contributed by atoms with Crippen molar-refractivity contribution >= 4 is 23.7 Å². The van der Waals surface area contributed by atoms with Gasteiger partial charge in [-0.15, -0.1) is 23.7 Å². The van der Waals surface area contributed by atoms with Crippen LogP contribution < -0.4 is 5.32 Å². The molecule has 1 fully saturated rings. The van der Waals surface area contributed by atoms with Crippen LogP contribution in [0.4, 0.5) is 0 Å². The first-order valence-electron chi connectivity index (χ1n) is 7.98. The molecule has 5 heteroatoms. The van der Waals surface area contributed by atoms with Crippen molar-refractivity contribution in [2.75, 3.05) is 19.6 Å². The van der Waals surface area contributed by atoms with Crippen molar-refractivity contribution in [3.63, 3.8) is 0 Å². The van der Waals surface area contributed by atoms with E-state index in [9.17, 15) is 0 Å². The maximum Gasteiger partial charge on any atom is 0.107 e. The van der Waals surface area contributed by atoms with Crippen molar-refractivity contribution in [1.82, 2.24) is 15.2 Å². The third-order valence-electron chi connectivity index (χ3n) is 4.20. The van der Waals surface area contributed by atoms with E-state index in [0.717, 1.165) is 26.2 Å². The molecule has 0 bridgehead atoms. The molecule has 3 nitrogen and oxygen atoms in total. The van der Waals surface area contributed by atoms with E-state index in [1.807, 2.05) is 0 Å². The minimum absolute atomic E-state index is 0. The fourth-order valence-corrected chi connectivity index (χ4v) is 3.89. The van der Waals surface area contributed by atoms with E-state index in [-0.39, 0.29) is 17.8 Å². The van der Waals surface area contributed by atoms with E-state index in [0.29, 0.717) is 6.04 Å². The number of thiazole rings is 1. The summed E-state index contributed by atoms with van der Waals surface area (Å²) in [5.74, 6) is 0. The number of aromatic nitrogens is 1. The lowest BCUT2D eigenvalue weighted by atomic mass is 9.93. The first kappa shape index (κ1) is 18.4. The highest BCUT2D eigenvalue weighted by molar-refractivity contribution is 7.09. The van der Waals surface area contributed by atoms with Crippen LogP contribution in [0.1, 0.15) is 43.1 Å². The summed E-state index contributed by atoms with van der Waals surface area (Å²) in [6.45, 7) is 10.8. The molecule has 2 heterocycles. The summed E-state index contributed by atoms with van der Waals surface area (Å²) in [5.41, 5.74) is 2.73. The Balaban J connectivity index is 0.00000192. The Hall–Kier alpha value is -0.940. The van der Waals surface area contributed by atoms with Crippen molar-refractivity contribution in [1.29, 1.82) is 0 Å². The number of piperazine rings is 1. The normalized spacial score (nSPS) is 19.3. The highest BCUT2D eigenvalue weighted by Crippen LogP contribution is 2.28. The second-order valence-corrected chi connectivity index (χ2v) is 7.92. The van der Waals surface area contributed by atoms with E-state index in [4.69, 9.17) is 4.98 Å². The molecule has 0 saturated carbocycles. The second kappa shape index (κ2) is 7.75. The lowest BCUT2D eigenvalue weighted by Crippen LogP contribution is -2.45. The average molecular weight is 352 g/mol. The van der Waals surface area contributed by atoms with Crippen LogP contribution in [0.15, 0.2) is 35.7 Å². The number of nitrogens with zero attached hydrogens (tertiary/aromatic N) is 2. The molecule has 1 aliphatic rings. The van der Waals surface area contributed by atoms with E-state index in [1.165, 1.54) is 16.3 Å². The molecule has 1 aromatic carbocycles. The molecule has 0 spiro atoms. The zero-order valence-corrected chi connectivity index (χ0v) is 15.7. The molecule has 2 aromatic rings. The molecular formula is C18H26ClN3S. The number of hydrogen-bond donors (Lipinski definition) is 1. The maximum atomic E-state index is 4.86. The molecule has 1 aliphatic heterocycles. The van der Waals surface area contributed by atoms with Gasteiger partial charge in [-0.3, -0.25) is 4.90 Å². The molecule has 126 valence electrons. The second-order valence-electron chi connectivity index (χ2n) is 6.98. The molecule has 1 saturated heterocycles. The predicted molar refractivity (Wildman–Crippen MR) is 101 cm³/mol. The van der Waals surface area contributed by atoms with Crippen molar-refractivity contribution in [2.45, 2.75) is 38.8 Å². The lowest BCUT2D eigenvalue weighted by Gasteiger charge is -2.36. The molecule has 1 unspecified atom stereocenters. The van der Waals surface area contributed by atoms with Crippen molar-refractivity contribution in [3.05, 3.63) is 52.0 Å². The zero-order chi connectivity index (χ0) is 15.6. The summed E-state index contributed by atoms with van der Waals surface area (Å²) >= 11 is 1.79. The Morgan fingerprint density at radius 3 is 2.65 bits per heavy atom. The van der Waals surface area contributed by atoms with Gasteiger partial charge >= 0.3 is 0 Å². The Labute approximate surface area is 149 Å². The van der Waals surface area contributed by atoms with E-state index in [2.05, 4.69) is 66.7 Å². The molecule has 23 heavy (non-hydrogen) atoms. The quantitative estimate of drug-likeness (QED) is 0.905. The van der Waals surface area contributed by atoms with Crippen LogP contribution in [0.25, 0.3) is 0 Å². The van der Waals surface area contributed by atoms with Crippen molar-refractivity contribution in [3.8, 4) is 0 Å². The number of halogens is 1. The number of nitrogens with one attached hydrogen (secondary N) is 1. The van der Waals surface area contributed by atoms with Crippen molar-refractivity contribution in [2.24, 2.45) is 0 Å². The van der Waals surface area contributed by atoms with Gasteiger partial charge in [-0.1, -0.05) is 51.1 Å². The Morgan fingerprint density at radius 1 is 1.26 bits per heavy atom.